The first kappa shape index (κ1) is 18.3. The molecule has 2 atom stereocenters. The number of aliphatic hydroxyl groups excluding tert-OH is 1. The highest BCUT2D eigenvalue weighted by molar-refractivity contribution is 14.1. The van der Waals surface area contributed by atoms with Gasteiger partial charge in [0, 0.05) is 47.9 Å². The maximum absolute atomic E-state index is 10.8. The van der Waals surface area contributed by atoms with E-state index in [1.807, 2.05) is 0 Å². The summed E-state index contributed by atoms with van der Waals surface area (Å²) in [5.41, 5.74) is 6.79. The first-order chi connectivity index (χ1) is 12.5. The molecule has 2 aromatic rings. The lowest BCUT2D eigenvalue weighted by molar-refractivity contribution is 0.0395. The van der Waals surface area contributed by atoms with E-state index in [2.05, 4.69) is 82.6 Å². The number of nitrogens with zero attached hydrogens (tertiary/aromatic N) is 2. The molecule has 2 aliphatic rings. The number of hydrogen-bond acceptors (Lipinski definition) is 3. The lowest BCUT2D eigenvalue weighted by atomic mass is 9.85. The van der Waals surface area contributed by atoms with Crippen LogP contribution in [0.25, 0.3) is 0 Å². The maximum Gasteiger partial charge on any atom is 0.0739 e. The monoisotopic (exact) mass is 462 g/mol. The summed E-state index contributed by atoms with van der Waals surface area (Å²) in [7, 11) is 0. The van der Waals surface area contributed by atoms with Gasteiger partial charge in [-0.3, -0.25) is 4.90 Å². The Kier molecular flexibility index (Phi) is 5.26. The highest BCUT2D eigenvalue weighted by Crippen LogP contribution is 2.29. The van der Waals surface area contributed by atoms with Gasteiger partial charge in [0.1, 0.15) is 0 Å². The number of rotatable bonds is 2. The van der Waals surface area contributed by atoms with E-state index in [1.54, 1.807) is 0 Å². The highest BCUT2D eigenvalue weighted by atomic mass is 127. The quantitative estimate of drug-likeness (QED) is 0.692. The van der Waals surface area contributed by atoms with Crippen molar-refractivity contribution in [3.05, 3.63) is 62.2 Å². The summed E-state index contributed by atoms with van der Waals surface area (Å²) in [5.74, 6) is 0. The molecule has 1 fully saturated rings. The van der Waals surface area contributed by atoms with Gasteiger partial charge >= 0.3 is 0 Å². The predicted molar refractivity (Wildman–Crippen MR) is 116 cm³/mol. The van der Waals surface area contributed by atoms with E-state index in [1.165, 1.54) is 31.5 Å². The van der Waals surface area contributed by atoms with Crippen LogP contribution in [0, 0.1) is 17.4 Å². The summed E-state index contributed by atoms with van der Waals surface area (Å²) in [4.78, 5) is 5.01. The molecule has 4 rings (SSSR count). The van der Waals surface area contributed by atoms with Crippen molar-refractivity contribution in [1.82, 2.24) is 4.90 Å². The molecule has 1 saturated heterocycles. The van der Waals surface area contributed by atoms with E-state index >= 15 is 0 Å². The second kappa shape index (κ2) is 7.49. The minimum absolute atomic E-state index is 0.253. The van der Waals surface area contributed by atoms with Crippen molar-refractivity contribution >= 4 is 28.3 Å². The van der Waals surface area contributed by atoms with Crippen LogP contribution in [0.4, 0.5) is 5.69 Å². The van der Waals surface area contributed by atoms with Crippen molar-refractivity contribution in [1.29, 1.82) is 0 Å². The number of anilines is 1. The van der Waals surface area contributed by atoms with Crippen molar-refractivity contribution < 1.29 is 5.11 Å². The molecule has 138 valence electrons. The molecule has 4 heteroatoms. The molecule has 0 spiro atoms. The number of piperazine rings is 1. The summed E-state index contributed by atoms with van der Waals surface area (Å²) in [6, 6.07) is 13.6. The standard InChI is InChI=1S/C22H27IN2O/c1-15-3-4-16(2)20(11-15)24-7-9-25(10-8-24)21-13-17-5-6-19(23)12-18(17)14-22(21)26/h3-6,11-12,21-22,26H,7-10,13-14H2,1-2H3/t21-,22-/m0/s1. The Bertz CT molecular complexity index is 799. The Hall–Kier alpha value is -1.11. The van der Waals surface area contributed by atoms with Crippen LogP contribution in [0.5, 0.6) is 0 Å². The summed E-state index contributed by atoms with van der Waals surface area (Å²) < 4.78 is 1.26. The van der Waals surface area contributed by atoms with Crippen LogP contribution in [0.2, 0.25) is 0 Å². The molecular weight excluding hydrogens is 435 g/mol. The van der Waals surface area contributed by atoms with E-state index < -0.39 is 0 Å². The smallest absolute Gasteiger partial charge is 0.0739 e. The Morgan fingerprint density at radius 2 is 1.69 bits per heavy atom. The van der Waals surface area contributed by atoms with E-state index in [4.69, 9.17) is 0 Å². The fourth-order valence-electron chi connectivity index (χ4n) is 4.43. The number of benzene rings is 2. The summed E-state index contributed by atoms with van der Waals surface area (Å²) in [6.45, 7) is 8.48. The third kappa shape index (κ3) is 3.64. The van der Waals surface area contributed by atoms with E-state index in [9.17, 15) is 5.11 Å². The van der Waals surface area contributed by atoms with Crippen molar-refractivity contribution in [2.45, 2.75) is 38.8 Å². The van der Waals surface area contributed by atoms with Gasteiger partial charge in [0.05, 0.1) is 6.10 Å². The molecule has 0 saturated carbocycles. The van der Waals surface area contributed by atoms with Gasteiger partial charge in [0.15, 0.2) is 0 Å². The number of aryl methyl sites for hydroxylation is 2. The average Bonchev–Trinajstić information content (AvgIpc) is 2.63. The third-order valence-electron chi connectivity index (χ3n) is 5.96. The Balaban J connectivity index is 1.45. The van der Waals surface area contributed by atoms with Gasteiger partial charge in [0.25, 0.3) is 0 Å². The molecule has 1 heterocycles. The van der Waals surface area contributed by atoms with E-state index in [0.717, 1.165) is 39.0 Å². The Labute approximate surface area is 170 Å². The van der Waals surface area contributed by atoms with Gasteiger partial charge in [0.2, 0.25) is 0 Å². The van der Waals surface area contributed by atoms with Crippen molar-refractivity contribution in [3.8, 4) is 0 Å². The van der Waals surface area contributed by atoms with Crippen LogP contribution < -0.4 is 4.90 Å². The van der Waals surface area contributed by atoms with Gasteiger partial charge in [-0.05, 0) is 83.3 Å². The lowest BCUT2D eigenvalue weighted by Crippen LogP contribution is -2.56. The van der Waals surface area contributed by atoms with Crippen molar-refractivity contribution in [3.63, 3.8) is 0 Å². The van der Waals surface area contributed by atoms with Gasteiger partial charge in [-0.15, -0.1) is 0 Å². The van der Waals surface area contributed by atoms with Crippen LogP contribution in [-0.2, 0) is 12.8 Å². The number of hydrogen-bond donors (Lipinski definition) is 1. The van der Waals surface area contributed by atoms with Gasteiger partial charge in [-0.2, -0.15) is 0 Å². The first-order valence-electron chi connectivity index (χ1n) is 9.53. The summed E-state index contributed by atoms with van der Waals surface area (Å²) in [6.07, 6.45) is 1.50. The van der Waals surface area contributed by atoms with Gasteiger partial charge in [-0.25, -0.2) is 0 Å². The van der Waals surface area contributed by atoms with Gasteiger partial charge in [-0.1, -0.05) is 18.2 Å². The number of fused-ring (bicyclic) bond motifs is 1. The zero-order valence-corrected chi connectivity index (χ0v) is 17.7. The first-order valence-corrected chi connectivity index (χ1v) is 10.6. The minimum atomic E-state index is -0.257. The van der Waals surface area contributed by atoms with E-state index in [0.29, 0.717) is 0 Å². The summed E-state index contributed by atoms with van der Waals surface area (Å²) >= 11 is 2.36. The second-order valence-electron chi connectivity index (χ2n) is 7.77. The number of halogens is 1. The number of aliphatic hydroxyl groups is 1. The topological polar surface area (TPSA) is 26.7 Å². The third-order valence-corrected chi connectivity index (χ3v) is 6.63. The predicted octanol–water partition coefficient (Wildman–Crippen LogP) is 3.56. The molecular formula is C22H27IN2O. The van der Waals surface area contributed by atoms with Crippen LogP contribution in [0.1, 0.15) is 22.3 Å². The second-order valence-corrected chi connectivity index (χ2v) is 9.01. The van der Waals surface area contributed by atoms with Gasteiger partial charge < -0.3 is 10.0 Å². The Morgan fingerprint density at radius 1 is 0.923 bits per heavy atom. The highest BCUT2D eigenvalue weighted by Gasteiger charge is 2.33. The normalized spacial score (nSPS) is 23.8. The zero-order valence-electron chi connectivity index (χ0n) is 15.6. The minimum Gasteiger partial charge on any atom is -0.391 e. The molecule has 1 aliphatic carbocycles. The van der Waals surface area contributed by atoms with Crippen molar-refractivity contribution in [2.24, 2.45) is 0 Å². The largest absolute Gasteiger partial charge is 0.391 e. The maximum atomic E-state index is 10.8. The molecule has 0 bridgehead atoms. The molecule has 2 aromatic carbocycles. The molecule has 3 nitrogen and oxygen atoms in total. The molecule has 0 amide bonds. The lowest BCUT2D eigenvalue weighted by Gasteiger charge is -2.44. The molecule has 26 heavy (non-hydrogen) atoms. The zero-order chi connectivity index (χ0) is 18.3. The molecule has 0 aromatic heterocycles. The SMILES string of the molecule is Cc1ccc(C)c(N2CCN([C@H]3Cc4ccc(I)cc4C[C@@H]3O)CC2)c1. The van der Waals surface area contributed by atoms with E-state index in [-0.39, 0.29) is 12.1 Å². The fourth-order valence-corrected chi connectivity index (χ4v) is 4.99. The molecule has 1 N–H and O–H groups in total. The van der Waals surface area contributed by atoms with Crippen LogP contribution >= 0.6 is 22.6 Å². The average molecular weight is 462 g/mol. The van der Waals surface area contributed by atoms with Crippen molar-refractivity contribution in [2.75, 3.05) is 31.1 Å². The van der Waals surface area contributed by atoms with Crippen LogP contribution in [0.15, 0.2) is 36.4 Å². The molecule has 1 aliphatic heterocycles. The van der Waals surface area contributed by atoms with Crippen LogP contribution in [0.3, 0.4) is 0 Å². The van der Waals surface area contributed by atoms with Crippen LogP contribution in [-0.4, -0.2) is 48.3 Å². The molecule has 0 unspecified atom stereocenters. The fraction of sp³-hybridized carbons (Fsp3) is 0.455. The summed E-state index contributed by atoms with van der Waals surface area (Å²) in [5, 5.41) is 10.8. The molecule has 0 radical (unpaired) electrons. The Morgan fingerprint density at radius 3 is 2.46 bits per heavy atom.